The highest BCUT2D eigenvalue weighted by Crippen LogP contribution is 2.23. The summed E-state index contributed by atoms with van der Waals surface area (Å²) in [6, 6.07) is 15.0. The zero-order valence-corrected chi connectivity index (χ0v) is 18.3. The van der Waals surface area contributed by atoms with Gasteiger partial charge in [-0.05, 0) is 61.0 Å². The number of ether oxygens (including phenoxy) is 2. The SMILES string of the molecule is CCCOc1ccc(C(=O)Oc2ccc(Br)cc2C=NNC(=O)c2ccncc2)cc1. The molecule has 2 aromatic carbocycles. The van der Waals surface area contributed by atoms with Crippen molar-refractivity contribution in [3.8, 4) is 11.5 Å². The molecule has 0 aliphatic heterocycles. The molecule has 0 fully saturated rings. The van der Waals surface area contributed by atoms with Crippen LogP contribution in [0.5, 0.6) is 11.5 Å². The number of esters is 1. The van der Waals surface area contributed by atoms with E-state index in [9.17, 15) is 9.59 Å². The van der Waals surface area contributed by atoms with Crippen LogP contribution >= 0.6 is 15.9 Å². The predicted octanol–water partition coefficient (Wildman–Crippen LogP) is 4.62. The van der Waals surface area contributed by atoms with Crippen molar-refractivity contribution >= 4 is 34.0 Å². The molecule has 0 bridgehead atoms. The Balaban J connectivity index is 1.69. The van der Waals surface area contributed by atoms with Gasteiger partial charge in [-0.3, -0.25) is 9.78 Å². The van der Waals surface area contributed by atoms with E-state index in [1.807, 2.05) is 6.92 Å². The van der Waals surface area contributed by atoms with Crippen molar-refractivity contribution in [2.45, 2.75) is 13.3 Å². The van der Waals surface area contributed by atoms with E-state index in [1.165, 1.54) is 18.6 Å². The van der Waals surface area contributed by atoms with Crippen LogP contribution in [0.3, 0.4) is 0 Å². The minimum Gasteiger partial charge on any atom is -0.494 e. The number of hydrazone groups is 1. The highest BCUT2D eigenvalue weighted by atomic mass is 79.9. The molecule has 0 radical (unpaired) electrons. The van der Waals surface area contributed by atoms with Crippen LogP contribution in [0.4, 0.5) is 0 Å². The topological polar surface area (TPSA) is 89.9 Å². The molecule has 7 nitrogen and oxygen atoms in total. The summed E-state index contributed by atoms with van der Waals surface area (Å²) in [6.45, 7) is 2.64. The van der Waals surface area contributed by atoms with E-state index in [0.717, 1.165) is 10.9 Å². The summed E-state index contributed by atoms with van der Waals surface area (Å²) in [5.41, 5.74) is 3.77. The molecule has 0 saturated heterocycles. The Kier molecular flexibility index (Phi) is 7.89. The standard InChI is InChI=1S/C23H20BrN3O4/c1-2-13-30-20-6-3-17(4-7-20)23(29)31-21-8-5-19(24)14-18(21)15-26-27-22(28)16-9-11-25-12-10-16/h3-12,14-15H,2,13H2,1H3,(H,27,28). The van der Waals surface area contributed by atoms with Gasteiger partial charge in [0.05, 0.1) is 18.4 Å². The van der Waals surface area contributed by atoms with Crippen molar-refractivity contribution in [1.82, 2.24) is 10.4 Å². The summed E-state index contributed by atoms with van der Waals surface area (Å²) < 4.78 is 11.8. The number of halogens is 1. The summed E-state index contributed by atoms with van der Waals surface area (Å²) in [6.07, 6.45) is 5.36. The molecule has 0 unspecified atom stereocenters. The molecule has 0 atom stereocenters. The summed E-state index contributed by atoms with van der Waals surface area (Å²) in [4.78, 5) is 28.5. The normalized spacial score (nSPS) is 10.6. The van der Waals surface area contributed by atoms with E-state index in [1.54, 1.807) is 54.6 Å². The van der Waals surface area contributed by atoms with Crippen molar-refractivity contribution in [3.63, 3.8) is 0 Å². The van der Waals surface area contributed by atoms with Gasteiger partial charge in [-0.15, -0.1) is 0 Å². The van der Waals surface area contributed by atoms with Gasteiger partial charge in [-0.2, -0.15) is 5.10 Å². The number of benzene rings is 2. The smallest absolute Gasteiger partial charge is 0.343 e. The zero-order valence-electron chi connectivity index (χ0n) is 16.7. The number of carbonyl (C=O) groups is 2. The van der Waals surface area contributed by atoms with E-state index >= 15 is 0 Å². The Labute approximate surface area is 188 Å². The third-order valence-electron chi connectivity index (χ3n) is 4.05. The predicted molar refractivity (Wildman–Crippen MR) is 121 cm³/mol. The fourth-order valence-corrected chi connectivity index (χ4v) is 2.89. The van der Waals surface area contributed by atoms with Gasteiger partial charge in [-0.25, -0.2) is 10.2 Å². The van der Waals surface area contributed by atoms with Crippen LogP contribution in [0, 0.1) is 0 Å². The molecule has 3 rings (SSSR count). The van der Waals surface area contributed by atoms with E-state index in [4.69, 9.17) is 9.47 Å². The number of aromatic nitrogens is 1. The lowest BCUT2D eigenvalue weighted by Crippen LogP contribution is -2.17. The van der Waals surface area contributed by atoms with Gasteiger partial charge in [0.2, 0.25) is 0 Å². The van der Waals surface area contributed by atoms with Crippen LogP contribution in [0.2, 0.25) is 0 Å². The van der Waals surface area contributed by atoms with Crippen molar-refractivity contribution in [3.05, 3.63) is 88.2 Å². The summed E-state index contributed by atoms with van der Waals surface area (Å²) in [5, 5.41) is 3.97. The van der Waals surface area contributed by atoms with Gasteiger partial charge in [0, 0.05) is 28.0 Å². The van der Waals surface area contributed by atoms with Crippen LogP contribution in [0.1, 0.15) is 39.6 Å². The molecule has 0 aliphatic carbocycles. The quantitative estimate of drug-likeness (QED) is 0.219. The molecule has 3 aromatic rings. The Morgan fingerprint density at radius 3 is 2.52 bits per heavy atom. The minimum absolute atomic E-state index is 0.307. The molecule has 1 aromatic heterocycles. The Morgan fingerprint density at radius 2 is 1.81 bits per heavy atom. The lowest BCUT2D eigenvalue weighted by molar-refractivity contribution is 0.0734. The van der Waals surface area contributed by atoms with Crippen LogP contribution in [0.15, 0.2) is 76.6 Å². The number of hydrogen-bond donors (Lipinski definition) is 1. The monoisotopic (exact) mass is 481 g/mol. The molecule has 31 heavy (non-hydrogen) atoms. The number of pyridine rings is 1. The van der Waals surface area contributed by atoms with Crippen molar-refractivity contribution in [2.75, 3.05) is 6.61 Å². The first-order chi connectivity index (χ1) is 15.1. The van der Waals surface area contributed by atoms with Crippen molar-refractivity contribution in [2.24, 2.45) is 5.10 Å². The maximum Gasteiger partial charge on any atom is 0.343 e. The number of carbonyl (C=O) groups excluding carboxylic acids is 2. The second-order valence-electron chi connectivity index (χ2n) is 6.38. The van der Waals surface area contributed by atoms with Gasteiger partial charge in [0.1, 0.15) is 11.5 Å². The molecule has 0 saturated carbocycles. The summed E-state index contributed by atoms with van der Waals surface area (Å²) in [5.74, 6) is 0.110. The molecule has 0 aliphatic rings. The van der Waals surface area contributed by atoms with E-state index in [0.29, 0.717) is 34.8 Å². The molecule has 158 valence electrons. The van der Waals surface area contributed by atoms with Gasteiger partial charge in [-0.1, -0.05) is 22.9 Å². The first-order valence-corrected chi connectivity index (χ1v) is 10.3. The number of nitrogens with one attached hydrogen (secondary N) is 1. The van der Waals surface area contributed by atoms with Crippen molar-refractivity contribution in [1.29, 1.82) is 0 Å². The number of rotatable bonds is 8. The third-order valence-corrected chi connectivity index (χ3v) is 4.54. The van der Waals surface area contributed by atoms with Crippen LogP contribution in [0.25, 0.3) is 0 Å². The molecular weight excluding hydrogens is 462 g/mol. The maximum absolute atomic E-state index is 12.5. The lowest BCUT2D eigenvalue weighted by atomic mass is 10.2. The number of amides is 1. The Bertz CT molecular complexity index is 1070. The van der Waals surface area contributed by atoms with Gasteiger partial charge < -0.3 is 9.47 Å². The zero-order chi connectivity index (χ0) is 22.1. The largest absolute Gasteiger partial charge is 0.494 e. The third kappa shape index (κ3) is 6.48. The average Bonchev–Trinajstić information content (AvgIpc) is 2.80. The number of hydrogen-bond acceptors (Lipinski definition) is 6. The summed E-state index contributed by atoms with van der Waals surface area (Å²) >= 11 is 3.38. The first kappa shape index (κ1) is 22.2. The van der Waals surface area contributed by atoms with Gasteiger partial charge in [0.25, 0.3) is 5.91 Å². The van der Waals surface area contributed by atoms with E-state index in [2.05, 4.69) is 31.4 Å². The van der Waals surface area contributed by atoms with Crippen LogP contribution in [-0.2, 0) is 0 Å². The molecule has 1 amide bonds. The second-order valence-corrected chi connectivity index (χ2v) is 7.30. The van der Waals surface area contributed by atoms with E-state index < -0.39 is 5.97 Å². The maximum atomic E-state index is 12.5. The lowest BCUT2D eigenvalue weighted by Gasteiger charge is -2.09. The van der Waals surface area contributed by atoms with Gasteiger partial charge >= 0.3 is 5.97 Å². The first-order valence-electron chi connectivity index (χ1n) is 9.55. The Hall–Kier alpha value is -3.52. The molecule has 8 heteroatoms. The second kappa shape index (κ2) is 11.0. The van der Waals surface area contributed by atoms with Gasteiger partial charge in [0.15, 0.2) is 0 Å². The molecular formula is C23H20BrN3O4. The fraction of sp³-hybridized carbons (Fsp3) is 0.130. The van der Waals surface area contributed by atoms with E-state index in [-0.39, 0.29) is 5.91 Å². The Morgan fingerprint density at radius 1 is 1.06 bits per heavy atom. The minimum atomic E-state index is -0.514. The molecule has 1 heterocycles. The average molecular weight is 482 g/mol. The number of nitrogens with zero attached hydrogens (tertiary/aromatic N) is 2. The molecule has 1 N–H and O–H groups in total. The fourth-order valence-electron chi connectivity index (χ4n) is 2.51. The van der Waals surface area contributed by atoms with Crippen LogP contribution in [-0.4, -0.2) is 29.7 Å². The highest BCUT2D eigenvalue weighted by molar-refractivity contribution is 9.10. The molecule has 0 spiro atoms. The highest BCUT2D eigenvalue weighted by Gasteiger charge is 2.12. The van der Waals surface area contributed by atoms with Crippen molar-refractivity contribution < 1.29 is 19.1 Å². The summed E-state index contributed by atoms with van der Waals surface area (Å²) in [7, 11) is 0. The van der Waals surface area contributed by atoms with Crippen LogP contribution < -0.4 is 14.9 Å².